The lowest BCUT2D eigenvalue weighted by molar-refractivity contribution is -0.119. The summed E-state index contributed by atoms with van der Waals surface area (Å²) in [6, 6.07) is 7.89. The van der Waals surface area contributed by atoms with Gasteiger partial charge in [-0.05, 0) is 18.9 Å². The average Bonchev–Trinajstić information content (AvgIpc) is 2.19. The second-order valence-electron chi connectivity index (χ2n) is 3.77. The molecule has 1 aromatic rings. The van der Waals surface area contributed by atoms with Gasteiger partial charge in [-0.15, -0.1) is 0 Å². The van der Waals surface area contributed by atoms with Crippen molar-refractivity contribution in [3.63, 3.8) is 0 Å². The molecule has 1 atom stereocenters. The fraction of sp³-hybridized carbons (Fsp3) is 0.417. The molecule has 0 aliphatic heterocycles. The molecule has 1 amide bonds. The first kappa shape index (κ1) is 11.7. The molecule has 0 saturated carbocycles. The van der Waals surface area contributed by atoms with Gasteiger partial charge in [-0.2, -0.15) is 0 Å². The van der Waals surface area contributed by atoms with Crippen LogP contribution in [0.1, 0.15) is 18.1 Å². The molecule has 3 nitrogen and oxygen atoms in total. The molecule has 1 unspecified atom stereocenters. The van der Waals surface area contributed by atoms with Gasteiger partial charge in [0.25, 0.3) is 0 Å². The number of amides is 1. The Morgan fingerprint density at radius 1 is 1.40 bits per heavy atom. The number of hydrogen-bond donors (Lipinski definition) is 2. The molecule has 1 rings (SSSR count). The van der Waals surface area contributed by atoms with Crippen molar-refractivity contribution >= 4 is 5.91 Å². The predicted octanol–water partition coefficient (Wildman–Crippen LogP) is 1.03. The Bertz CT molecular complexity index is 319. The van der Waals surface area contributed by atoms with E-state index in [1.54, 1.807) is 0 Å². The van der Waals surface area contributed by atoms with Crippen LogP contribution in [0.4, 0.5) is 0 Å². The number of carbonyl (C=O) groups is 1. The number of hydrogen-bond acceptors (Lipinski definition) is 2. The van der Waals surface area contributed by atoms with E-state index in [0.717, 1.165) is 5.56 Å². The van der Waals surface area contributed by atoms with Gasteiger partial charge in [0, 0.05) is 6.92 Å². The smallest absolute Gasteiger partial charge is 0.217 e. The highest BCUT2D eigenvalue weighted by molar-refractivity contribution is 5.73. The number of aliphatic hydroxyl groups excluding tert-OH is 1. The standard InChI is InChI=1S/C12H17NO2/c1-9-3-5-11(6-4-9)7-12(8-14)13-10(2)15/h3-6,12,14H,7-8H2,1-2H3,(H,13,15). The van der Waals surface area contributed by atoms with Crippen LogP contribution in [0.25, 0.3) is 0 Å². The molecular weight excluding hydrogens is 190 g/mol. The lowest BCUT2D eigenvalue weighted by atomic mass is 10.1. The van der Waals surface area contributed by atoms with Crippen LogP contribution in [0.2, 0.25) is 0 Å². The second-order valence-corrected chi connectivity index (χ2v) is 3.77. The Labute approximate surface area is 90.1 Å². The zero-order valence-corrected chi connectivity index (χ0v) is 9.16. The van der Waals surface area contributed by atoms with Crippen LogP contribution in [0, 0.1) is 6.92 Å². The van der Waals surface area contributed by atoms with Crippen LogP contribution in [-0.4, -0.2) is 23.7 Å². The lowest BCUT2D eigenvalue weighted by Gasteiger charge is -2.15. The van der Waals surface area contributed by atoms with Gasteiger partial charge in [-0.25, -0.2) is 0 Å². The summed E-state index contributed by atoms with van der Waals surface area (Å²) in [5.41, 5.74) is 2.33. The third-order valence-corrected chi connectivity index (χ3v) is 2.23. The first-order valence-electron chi connectivity index (χ1n) is 5.05. The average molecular weight is 207 g/mol. The van der Waals surface area contributed by atoms with Crippen LogP contribution in [0.5, 0.6) is 0 Å². The number of aliphatic hydroxyl groups is 1. The van der Waals surface area contributed by atoms with Crippen molar-refractivity contribution in [3.05, 3.63) is 35.4 Å². The van der Waals surface area contributed by atoms with E-state index >= 15 is 0 Å². The topological polar surface area (TPSA) is 49.3 Å². The highest BCUT2D eigenvalue weighted by atomic mass is 16.3. The summed E-state index contributed by atoms with van der Waals surface area (Å²) < 4.78 is 0. The zero-order chi connectivity index (χ0) is 11.3. The molecule has 0 fully saturated rings. The molecule has 0 radical (unpaired) electrons. The number of benzene rings is 1. The monoisotopic (exact) mass is 207 g/mol. The van der Waals surface area contributed by atoms with Crippen molar-refractivity contribution in [2.24, 2.45) is 0 Å². The number of aryl methyl sites for hydroxylation is 1. The number of carbonyl (C=O) groups excluding carboxylic acids is 1. The van der Waals surface area contributed by atoms with E-state index in [0.29, 0.717) is 6.42 Å². The summed E-state index contributed by atoms with van der Waals surface area (Å²) in [5.74, 6) is -0.110. The van der Waals surface area contributed by atoms with Crippen molar-refractivity contribution in [2.75, 3.05) is 6.61 Å². The minimum Gasteiger partial charge on any atom is -0.394 e. The van der Waals surface area contributed by atoms with Gasteiger partial charge in [0.15, 0.2) is 0 Å². The van der Waals surface area contributed by atoms with Gasteiger partial charge >= 0.3 is 0 Å². The number of rotatable bonds is 4. The van der Waals surface area contributed by atoms with Crippen molar-refractivity contribution < 1.29 is 9.90 Å². The summed E-state index contributed by atoms with van der Waals surface area (Å²) in [6.07, 6.45) is 0.663. The van der Waals surface area contributed by atoms with Crippen LogP contribution in [0.15, 0.2) is 24.3 Å². The van der Waals surface area contributed by atoms with E-state index in [1.807, 2.05) is 31.2 Å². The van der Waals surface area contributed by atoms with Crippen LogP contribution < -0.4 is 5.32 Å². The van der Waals surface area contributed by atoms with E-state index in [4.69, 9.17) is 5.11 Å². The van der Waals surface area contributed by atoms with Crippen molar-refractivity contribution in [3.8, 4) is 0 Å². The Kier molecular flexibility index (Phi) is 4.31. The molecule has 15 heavy (non-hydrogen) atoms. The molecule has 1 aromatic carbocycles. The summed E-state index contributed by atoms with van der Waals surface area (Å²) in [5, 5.41) is 11.8. The minimum absolute atomic E-state index is 0.0343. The Morgan fingerprint density at radius 2 is 2.00 bits per heavy atom. The first-order chi connectivity index (χ1) is 7.11. The highest BCUT2D eigenvalue weighted by Gasteiger charge is 2.08. The van der Waals surface area contributed by atoms with Gasteiger partial charge in [0.1, 0.15) is 0 Å². The fourth-order valence-electron chi connectivity index (χ4n) is 1.46. The third kappa shape index (κ3) is 4.13. The predicted molar refractivity (Wildman–Crippen MR) is 59.6 cm³/mol. The van der Waals surface area contributed by atoms with Gasteiger partial charge in [-0.3, -0.25) is 4.79 Å². The van der Waals surface area contributed by atoms with Gasteiger partial charge in [-0.1, -0.05) is 29.8 Å². The van der Waals surface area contributed by atoms with E-state index < -0.39 is 0 Å². The van der Waals surface area contributed by atoms with E-state index in [-0.39, 0.29) is 18.6 Å². The van der Waals surface area contributed by atoms with Crippen molar-refractivity contribution in [1.82, 2.24) is 5.32 Å². The summed E-state index contributed by atoms with van der Waals surface area (Å²) >= 11 is 0. The zero-order valence-electron chi connectivity index (χ0n) is 9.16. The number of nitrogens with one attached hydrogen (secondary N) is 1. The summed E-state index contributed by atoms with van der Waals surface area (Å²) in [6.45, 7) is 3.45. The van der Waals surface area contributed by atoms with Crippen LogP contribution in [-0.2, 0) is 11.2 Å². The second kappa shape index (κ2) is 5.51. The van der Waals surface area contributed by atoms with E-state index in [2.05, 4.69) is 5.32 Å². The maximum absolute atomic E-state index is 10.8. The molecule has 0 aliphatic carbocycles. The summed E-state index contributed by atoms with van der Waals surface area (Å²) in [7, 11) is 0. The molecule has 3 heteroatoms. The molecular formula is C12H17NO2. The molecule has 0 heterocycles. The molecule has 0 saturated heterocycles. The molecule has 2 N–H and O–H groups in total. The van der Waals surface area contributed by atoms with Gasteiger partial charge < -0.3 is 10.4 Å². The van der Waals surface area contributed by atoms with E-state index in [9.17, 15) is 4.79 Å². The quantitative estimate of drug-likeness (QED) is 0.775. The highest BCUT2D eigenvalue weighted by Crippen LogP contribution is 2.05. The van der Waals surface area contributed by atoms with Gasteiger partial charge in [0.2, 0.25) is 5.91 Å². The molecule has 0 aliphatic rings. The molecule has 0 aromatic heterocycles. The Morgan fingerprint density at radius 3 is 2.47 bits per heavy atom. The minimum atomic E-state index is -0.190. The fourth-order valence-corrected chi connectivity index (χ4v) is 1.46. The summed E-state index contributed by atoms with van der Waals surface area (Å²) in [4.78, 5) is 10.8. The van der Waals surface area contributed by atoms with Crippen molar-refractivity contribution in [1.29, 1.82) is 0 Å². The van der Waals surface area contributed by atoms with Crippen LogP contribution in [0.3, 0.4) is 0 Å². The van der Waals surface area contributed by atoms with Crippen LogP contribution >= 0.6 is 0 Å². The molecule has 0 bridgehead atoms. The Hall–Kier alpha value is -1.35. The normalized spacial score (nSPS) is 12.2. The SMILES string of the molecule is CC(=O)NC(CO)Cc1ccc(C)cc1. The first-order valence-corrected chi connectivity index (χ1v) is 5.05. The van der Waals surface area contributed by atoms with Gasteiger partial charge in [0.05, 0.1) is 12.6 Å². The Balaban J connectivity index is 2.58. The third-order valence-electron chi connectivity index (χ3n) is 2.23. The van der Waals surface area contributed by atoms with E-state index in [1.165, 1.54) is 12.5 Å². The molecule has 0 spiro atoms. The molecule has 82 valence electrons. The van der Waals surface area contributed by atoms with Crippen molar-refractivity contribution in [2.45, 2.75) is 26.3 Å². The maximum atomic E-state index is 10.8. The lowest BCUT2D eigenvalue weighted by Crippen LogP contribution is -2.37. The largest absolute Gasteiger partial charge is 0.394 e. The maximum Gasteiger partial charge on any atom is 0.217 e.